The van der Waals surface area contributed by atoms with E-state index in [2.05, 4.69) is 4.90 Å². The van der Waals surface area contributed by atoms with Crippen molar-refractivity contribution in [3.8, 4) is 0 Å². The lowest BCUT2D eigenvalue weighted by atomic mass is 9.90. The number of carbonyl (C=O) groups excluding carboxylic acids is 1. The molecule has 0 spiro atoms. The average Bonchev–Trinajstić information content (AvgIpc) is 2.85. The molecule has 120 valence electrons. The number of amides is 1. The topological polar surface area (TPSA) is 42.3 Å². The summed E-state index contributed by atoms with van der Waals surface area (Å²) in [5.41, 5.74) is 1.73. The molecule has 4 heteroatoms. The van der Waals surface area contributed by atoms with Crippen LogP contribution in [0.5, 0.6) is 0 Å². The Morgan fingerprint density at radius 2 is 2.09 bits per heavy atom. The van der Waals surface area contributed by atoms with Crippen molar-refractivity contribution in [2.75, 3.05) is 6.54 Å². The molecule has 1 saturated carbocycles. The number of aromatic nitrogens is 1. The van der Waals surface area contributed by atoms with Gasteiger partial charge in [-0.25, -0.2) is 0 Å². The van der Waals surface area contributed by atoms with Gasteiger partial charge in [-0.2, -0.15) is 0 Å². The number of carbonyl (C=O) groups is 1. The molecule has 2 aromatic rings. The summed E-state index contributed by atoms with van der Waals surface area (Å²) in [7, 11) is 0. The third kappa shape index (κ3) is 2.46. The van der Waals surface area contributed by atoms with Crippen molar-refractivity contribution in [3.63, 3.8) is 0 Å². The first-order valence-corrected chi connectivity index (χ1v) is 8.52. The highest BCUT2D eigenvalue weighted by atomic mass is 16.2. The van der Waals surface area contributed by atoms with Gasteiger partial charge in [-0.1, -0.05) is 18.6 Å². The number of likely N-dealkylation sites (tertiary alicyclic amines) is 1. The lowest BCUT2D eigenvalue weighted by Gasteiger charge is -2.26. The Kier molecular flexibility index (Phi) is 3.47. The average molecular weight is 310 g/mol. The summed E-state index contributed by atoms with van der Waals surface area (Å²) in [6.45, 7) is 3.15. The second-order valence-electron chi connectivity index (χ2n) is 6.99. The van der Waals surface area contributed by atoms with Crippen LogP contribution in [-0.2, 0) is 11.3 Å². The van der Waals surface area contributed by atoms with Crippen molar-refractivity contribution >= 4 is 16.8 Å². The molecule has 1 aliphatic carbocycles. The van der Waals surface area contributed by atoms with E-state index in [1.165, 1.54) is 19.3 Å². The Labute approximate surface area is 135 Å². The van der Waals surface area contributed by atoms with Crippen molar-refractivity contribution in [2.24, 2.45) is 5.92 Å². The summed E-state index contributed by atoms with van der Waals surface area (Å²) in [6, 6.07) is 9.63. The monoisotopic (exact) mass is 310 g/mol. The van der Waals surface area contributed by atoms with Crippen LogP contribution in [0.3, 0.4) is 0 Å². The summed E-state index contributed by atoms with van der Waals surface area (Å²) in [5.74, 6) is 0.890. The number of pyridine rings is 1. The number of nitrogens with zero attached hydrogens (tertiary/aromatic N) is 2. The normalized spacial score (nSPS) is 23.4. The van der Waals surface area contributed by atoms with E-state index in [-0.39, 0.29) is 11.3 Å². The van der Waals surface area contributed by atoms with Gasteiger partial charge in [0.2, 0.25) is 5.91 Å². The Bertz CT molecular complexity index is 824. The summed E-state index contributed by atoms with van der Waals surface area (Å²) < 4.78 is 1.99. The van der Waals surface area contributed by atoms with Crippen LogP contribution in [0.1, 0.15) is 31.4 Å². The lowest BCUT2D eigenvalue weighted by molar-refractivity contribution is -0.132. The van der Waals surface area contributed by atoms with Gasteiger partial charge >= 0.3 is 0 Å². The molecule has 23 heavy (non-hydrogen) atoms. The van der Waals surface area contributed by atoms with Gasteiger partial charge in [0, 0.05) is 29.7 Å². The molecule has 1 aromatic heterocycles. The molecule has 0 unspecified atom stereocenters. The molecule has 2 atom stereocenters. The Balaban J connectivity index is 1.68. The zero-order valence-corrected chi connectivity index (χ0v) is 13.5. The minimum absolute atomic E-state index is 0.0267. The molecule has 2 fully saturated rings. The van der Waals surface area contributed by atoms with Crippen LogP contribution in [0.25, 0.3) is 10.9 Å². The maximum absolute atomic E-state index is 12.9. The predicted molar refractivity (Wildman–Crippen MR) is 90.4 cm³/mol. The molecule has 1 aliphatic heterocycles. The largest absolute Gasteiger partial charge is 0.338 e. The standard InChI is InChI=1S/C19H22N2O2/c1-13-9-18(22)16-7-2-3-8-17(16)20(13)12-19(23)21-11-14-5-4-6-15(21)10-14/h2-3,7-9,14-15H,4-6,10-12H2,1H3/t14-,15+/m1/s1. The Hall–Kier alpha value is -2.10. The predicted octanol–water partition coefficient (Wildman–Crippen LogP) is 2.71. The van der Waals surface area contributed by atoms with Gasteiger partial charge in [0.15, 0.2) is 5.43 Å². The van der Waals surface area contributed by atoms with Gasteiger partial charge in [0.05, 0.1) is 5.52 Å². The maximum atomic E-state index is 12.9. The first-order chi connectivity index (χ1) is 11.1. The Morgan fingerprint density at radius 1 is 1.26 bits per heavy atom. The van der Waals surface area contributed by atoms with Crippen LogP contribution in [0, 0.1) is 12.8 Å². The van der Waals surface area contributed by atoms with Gasteiger partial charge < -0.3 is 9.47 Å². The highest BCUT2D eigenvalue weighted by Gasteiger charge is 2.37. The zero-order valence-electron chi connectivity index (χ0n) is 13.5. The third-order valence-corrected chi connectivity index (χ3v) is 5.49. The van der Waals surface area contributed by atoms with E-state index in [1.807, 2.05) is 35.8 Å². The van der Waals surface area contributed by atoms with Crippen LogP contribution in [0.4, 0.5) is 0 Å². The minimum Gasteiger partial charge on any atom is -0.338 e. The fourth-order valence-corrected chi connectivity index (χ4v) is 4.33. The maximum Gasteiger partial charge on any atom is 0.242 e. The highest BCUT2D eigenvalue weighted by Crippen LogP contribution is 2.35. The van der Waals surface area contributed by atoms with E-state index in [4.69, 9.17) is 0 Å². The van der Waals surface area contributed by atoms with Gasteiger partial charge in [-0.3, -0.25) is 9.59 Å². The molecule has 4 rings (SSSR count). The van der Waals surface area contributed by atoms with Crippen molar-refractivity contribution in [1.82, 2.24) is 9.47 Å². The molecular weight excluding hydrogens is 288 g/mol. The molecule has 2 bridgehead atoms. The van der Waals surface area contributed by atoms with Crippen LogP contribution in [0.15, 0.2) is 35.1 Å². The summed E-state index contributed by atoms with van der Waals surface area (Å²) in [4.78, 5) is 27.1. The van der Waals surface area contributed by atoms with E-state index in [1.54, 1.807) is 6.07 Å². The summed E-state index contributed by atoms with van der Waals surface area (Å²) in [5, 5.41) is 0.686. The second-order valence-corrected chi connectivity index (χ2v) is 6.99. The highest BCUT2D eigenvalue weighted by molar-refractivity contribution is 5.83. The summed E-state index contributed by atoms with van der Waals surface area (Å²) in [6.07, 6.45) is 4.83. The Morgan fingerprint density at radius 3 is 2.91 bits per heavy atom. The van der Waals surface area contributed by atoms with E-state index < -0.39 is 0 Å². The van der Waals surface area contributed by atoms with Gasteiger partial charge in [-0.05, 0) is 44.2 Å². The first-order valence-electron chi connectivity index (χ1n) is 8.52. The number of hydrogen-bond acceptors (Lipinski definition) is 2. The van der Waals surface area contributed by atoms with Crippen molar-refractivity contribution in [2.45, 2.75) is 45.2 Å². The molecule has 1 saturated heterocycles. The molecule has 2 aliphatic rings. The smallest absolute Gasteiger partial charge is 0.242 e. The van der Waals surface area contributed by atoms with Crippen molar-refractivity contribution in [1.29, 1.82) is 0 Å². The van der Waals surface area contributed by atoms with Crippen LogP contribution < -0.4 is 5.43 Å². The molecule has 4 nitrogen and oxygen atoms in total. The third-order valence-electron chi connectivity index (χ3n) is 5.49. The number of rotatable bonds is 2. The number of benzene rings is 1. The van der Waals surface area contributed by atoms with E-state index in [0.717, 1.165) is 24.2 Å². The number of para-hydroxylation sites is 1. The minimum atomic E-state index is 0.0267. The van der Waals surface area contributed by atoms with E-state index >= 15 is 0 Å². The SMILES string of the molecule is Cc1cc(=O)c2ccccc2n1CC(=O)N1C[C@@H]2CCC[C@H]1C2. The molecule has 1 aromatic carbocycles. The summed E-state index contributed by atoms with van der Waals surface area (Å²) >= 11 is 0. The molecule has 0 N–H and O–H groups in total. The van der Waals surface area contributed by atoms with E-state index in [9.17, 15) is 9.59 Å². The zero-order chi connectivity index (χ0) is 16.0. The fourth-order valence-electron chi connectivity index (χ4n) is 4.33. The van der Waals surface area contributed by atoms with Gasteiger partial charge in [0.25, 0.3) is 0 Å². The molecular formula is C19H22N2O2. The van der Waals surface area contributed by atoms with Crippen molar-refractivity contribution < 1.29 is 4.79 Å². The number of fused-ring (bicyclic) bond motifs is 3. The first kappa shape index (κ1) is 14.5. The van der Waals surface area contributed by atoms with Crippen LogP contribution in [-0.4, -0.2) is 28.0 Å². The quantitative estimate of drug-likeness (QED) is 0.856. The van der Waals surface area contributed by atoms with Crippen LogP contribution in [0.2, 0.25) is 0 Å². The van der Waals surface area contributed by atoms with Crippen molar-refractivity contribution in [3.05, 3.63) is 46.2 Å². The molecule has 0 radical (unpaired) electrons. The molecule has 2 heterocycles. The fraction of sp³-hybridized carbons (Fsp3) is 0.474. The second kappa shape index (κ2) is 5.52. The van der Waals surface area contributed by atoms with Crippen LogP contribution >= 0.6 is 0 Å². The number of hydrogen-bond donors (Lipinski definition) is 0. The van der Waals surface area contributed by atoms with Gasteiger partial charge in [0.1, 0.15) is 6.54 Å². The molecule has 1 amide bonds. The number of aryl methyl sites for hydroxylation is 1. The van der Waals surface area contributed by atoms with Gasteiger partial charge in [-0.15, -0.1) is 0 Å². The lowest BCUT2D eigenvalue weighted by Crippen LogP contribution is -2.38. The van der Waals surface area contributed by atoms with E-state index in [0.29, 0.717) is 23.9 Å².